The Balaban J connectivity index is 2.79. The minimum absolute atomic E-state index is 0.884. The van der Waals surface area contributed by atoms with Crippen LogP contribution in [0, 0.1) is 0 Å². The summed E-state index contributed by atoms with van der Waals surface area (Å²) >= 11 is 3.34. The van der Waals surface area contributed by atoms with E-state index in [9.17, 15) is 0 Å². The first-order chi connectivity index (χ1) is 5.11. The van der Waals surface area contributed by atoms with E-state index in [4.69, 9.17) is 0 Å². The zero-order chi connectivity index (χ0) is 8.43. The van der Waals surface area contributed by atoms with E-state index < -0.39 is 0 Å². The van der Waals surface area contributed by atoms with E-state index in [1.807, 2.05) is 31.9 Å². The molecule has 1 aromatic heterocycles. The van der Waals surface area contributed by atoms with Gasteiger partial charge in [-0.25, -0.2) is 4.98 Å². The van der Waals surface area contributed by atoms with Gasteiger partial charge in [0.1, 0.15) is 0 Å². The lowest BCUT2D eigenvalue weighted by molar-refractivity contribution is 0.390. The van der Waals surface area contributed by atoms with Gasteiger partial charge in [0.05, 0.1) is 11.9 Å². The monoisotopic (exact) mass is 217 g/mol. The average Bonchev–Trinajstić information content (AvgIpc) is 2.18. The van der Waals surface area contributed by atoms with Crippen LogP contribution >= 0.6 is 15.9 Å². The van der Waals surface area contributed by atoms with Gasteiger partial charge in [-0.15, -0.1) is 0 Å². The Kier molecular flexibility index (Phi) is 2.67. The maximum absolute atomic E-state index is 4.12. The summed E-state index contributed by atoms with van der Waals surface area (Å²) in [7, 11) is 6.08. The molecule has 0 aliphatic carbocycles. The maximum atomic E-state index is 4.12. The predicted octanol–water partition coefficient (Wildman–Crippen LogP) is 1.24. The number of imidazole rings is 1. The maximum Gasteiger partial charge on any atom is 0.177 e. The molecule has 11 heavy (non-hydrogen) atoms. The summed E-state index contributed by atoms with van der Waals surface area (Å²) in [6.07, 6.45) is 1.88. The molecule has 0 saturated carbocycles. The molecule has 0 spiro atoms. The summed E-state index contributed by atoms with van der Waals surface area (Å²) in [6.45, 7) is 0.926. The van der Waals surface area contributed by atoms with Gasteiger partial charge >= 0.3 is 0 Å². The van der Waals surface area contributed by atoms with Gasteiger partial charge in [-0.1, -0.05) is 0 Å². The quantitative estimate of drug-likeness (QED) is 0.744. The van der Waals surface area contributed by atoms with Gasteiger partial charge in [0, 0.05) is 13.6 Å². The summed E-state index contributed by atoms with van der Waals surface area (Å²) in [5.41, 5.74) is 1.21. The van der Waals surface area contributed by atoms with Gasteiger partial charge in [-0.3, -0.25) is 0 Å². The van der Waals surface area contributed by atoms with Crippen molar-refractivity contribution in [3.8, 4) is 0 Å². The van der Waals surface area contributed by atoms with Crippen molar-refractivity contribution in [1.82, 2.24) is 14.5 Å². The average molecular weight is 218 g/mol. The molecule has 1 heterocycles. The lowest BCUT2D eigenvalue weighted by atomic mass is 10.4. The number of hydrogen-bond acceptors (Lipinski definition) is 2. The third-order valence-electron chi connectivity index (χ3n) is 1.51. The Morgan fingerprint density at radius 1 is 1.64 bits per heavy atom. The highest BCUT2D eigenvalue weighted by molar-refractivity contribution is 9.10. The van der Waals surface area contributed by atoms with Crippen molar-refractivity contribution in [1.29, 1.82) is 0 Å². The molecule has 0 atom stereocenters. The second-order valence-electron chi connectivity index (χ2n) is 2.82. The second-order valence-corrected chi connectivity index (χ2v) is 3.52. The van der Waals surface area contributed by atoms with Gasteiger partial charge in [0.2, 0.25) is 0 Å². The SMILES string of the molecule is CN(C)Cc1cnc(Br)n1C. The van der Waals surface area contributed by atoms with Crippen LogP contribution in [-0.2, 0) is 13.6 Å². The van der Waals surface area contributed by atoms with Crippen molar-refractivity contribution in [3.63, 3.8) is 0 Å². The summed E-state index contributed by atoms with van der Waals surface area (Å²) < 4.78 is 2.91. The molecule has 4 heteroatoms. The molecule has 0 aromatic carbocycles. The highest BCUT2D eigenvalue weighted by Crippen LogP contribution is 2.09. The topological polar surface area (TPSA) is 21.1 Å². The third-order valence-corrected chi connectivity index (χ3v) is 2.24. The molecule has 62 valence electrons. The van der Waals surface area contributed by atoms with Crippen molar-refractivity contribution in [2.75, 3.05) is 14.1 Å². The van der Waals surface area contributed by atoms with E-state index in [2.05, 4.69) is 25.8 Å². The van der Waals surface area contributed by atoms with Crippen LogP contribution in [0.15, 0.2) is 10.9 Å². The van der Waals surface area contributed by atoms with Crippen molar-refractivity contribution >= 4 is 15.9 Å². The van der Waals surface area contributed by atoms with Crippen LogP contribution in [0.1, 0.15) is 5.69 Å². The minimum atomic E-state index is 0.884. The molecule has 0 unspecified atom stereocenters. The number of rotatable bonds is 2. The van der Waals surface area contributed by atoms with Crippen molar-refractivity contribution in [2.24, 2.45) is 7.05 Å². The van der Waals surface area contributed by atoms with Crippen LogP contribution in [0.25, 0.3) is 0 Å². The molecule has 1 aromatic rings. The Labute approximate surface area is 75.2 Å². The lowest BCUT2D eigenvalue weighted by Gasteiger charge is -2.09. The molecule has 0 aliphatic rings. The zero-order valence-electron chi connectivity index (χ0n) is 7.00. The third kappa shape index (κ3) is 2.04. The Hall–Kier alpha value is -0.350. The molecule has 0 saturated heterocycles. The fourth-order valence-electron chi connectivity index (χ4n) is 0.890. The van der Waals surface area contributed by atoms with Crippen LogP contribution in [0.5, 0.6) is 0 Å². The zero-order valence-corrected chi connectivity index (χ0v) is 8.59. The number of hydrogen-bond donors (Lipinski definition) is 0. The smallest absolute Gasteiger partial charge is 0.177 e. The molecule has 0 aliphatic heterocycles. The summed E-state index contributed by atoms with van der Waals surface area (Å²) in [5.74, 6) is 0. The van der Waals surface area contributed by atoms with Crippen LogP contribution in [0.2, 0.25) is 0 Å². The van der Waals surface area contributed by atoms with Crippen molar-refractivity contribution in [2.45, 2.75) is 6.54 Å². The first-order valence-electron chi connectivity index (χ1n) is 3.42. The van der Waals surface area contributed by atoms with Gasteiger partial charge in [-0.2, -0.15) is 0 Å². The van der Waals surface area contributed by atoms with E-state index in [1.54, 1.807) is 0 Å². The highest BCUT2D eigenvalue weighted by Gasteiger charge is 2.03. The molecule has 0 bridgehead atoms. The molecule has 0 N–H and O–H groups in total. The van der Waals surface area contributed by atoms with Crippen molar-refractivity contribution < 1.29 is 0 Å². The van der Waals surface area contributed by atoms with E-state index in [-0.39, 0.29) is 0 Å². The van der Waals surface area contributed by atoms with E-state index >= 15 is 0 Å². The molecule has 3 nitrogen and oxygen atoms in total. The lowest BCUT2D eigenvalue weighted by Crippen LogP contribution is -2.13. The summed E-state index contributed by atoms with van der Waals surface area (Å²) in [5, 5.41) is 0. The second kappa shape index (κ2) is 3.36. The van der Waals surface area contributed by atoms with Gasteiger partial charge < -0.3 is 9.47 Å². The Morgan fingerprint density at radius 2 is 2.27 bits per heavy atom. The molecule has 0 fully saturated rings. The fraction of sp³-hybridized carbons (Fsp3) is 0.571. The molecule has 1 rings (SSSR count). The van der Waals surface area contributed by atoms with Crippen LogP contribution in [0.4, 0.5) is 0 Å². The highest BCUT2D eigenvalue weighted by atomic mass is 79.9. The fourth-order valence-corrected chi connectivity index (χ4v) is 1.22. The van der Waals surface area contributed by atoms with E-state index in [1.165, 1.54) is 5.69 Å². The first-order valence-corrected chi connectivity index (χ1v) is 4.21. The number of nitrogens with zero attached hydrogens (tertiary/aromatic N) is 3. The Morgan fingerprint density at radius 3 is 2.64 bits per heavy atom. The molecular formula is C7H12BrN3. The molecular weight excluding hydrogens is 206 g/mol. The van der Waals surface area contributed by atoms with Crippen LogP contribution in [-0.4, -0.2) is 28.5 Å². The number of halogens is 1. The van der Waals surface area contributed by atoms with Crippen LogP contribution in [0.3, 0.4) is 0 Å². The summed E-state index contributed by atoms with van der Waals surface area (Å²) in [4.78, 5) is 6.24. The molecule has 0 amide bonds. The van der Waals surface area contributed by atoms with Gasteiger partial charge in [0.15, 0.2) is 4.73 Å². The van der Waals surface area contributed by atoms with Gasteiger partial charge in [-0.05, 0) is 30.0 Å². The van der Waals surface area contributed by atoms with Gasteiger partial charge in [0.25, 0.3) is 0 Å². The van der Waals surface area contributed by atoms with Crippen LogP contribution < -0.4 is 0 Å². The molecule has 0 radical (unpaired) electrons. The van der Waals surface area contributed by atoms with E-state index in [0.29, 0.717) is 0 Å². The Bertz CT molecular complexity index is 242. The normalized spacial score (nSPS) is 11.0. The largest absolute Gasteiger partial charge is 0.325 e. The van der Waals surface area contributed by atoms with E-state index in [0.717, 1.165) is 11.3 Å². The number of aromatic nitrogens is 2. The van der Waals surface area contributed by atoms with Crippen molar-refractivity contribution in [3.05, 3.63) is 16.6 Å². The standard InChI is InChI=1S/C7H12BrN3/c1-10(2)5-6-4-9-7(8)11(6)3/h4H,5H2,1-3H3. The first kappa shape index (κ1) is 8.74. The predicted molar refractivity (Wildman–Crippen MR) is 48.3 cm³/mol. The minimum Gasteiger partial charge on any atom is -0.325 e. The summed E-state index contributed by atoms with van der Waals surface area (Å²) in [6, 6.07) is 0.